The van der Waals surface area contributed by atoms with Crippen LogP contribution in [0, 0.1) is 0 Å². The van der Waals surface area contributed by atoms with Gasteiger partial charge in [-0.05, 0) is 32.4 Å². The van der Waals surface area contributed by atoms with E-state index in [0.717, 1.165) is 0 Å². The van der Waals surface area contributed by atoms with Crippen molar-refractivity contribution in [3.05, 3.63) is 36.2 Å². The maximum Gasteiger partial charge on any atom is 0.303 e. The van der Waals surface area contributed by atoms with Gasteiger partial charge in [-0.15, -0.1) is 0 Å². The molecule has 22 heavy (non-hydrogen) atoms. The summed E-state index contributed by atoms with van der Waals surface area (Å²) in [5.74, 6) is -1.28. The van der Waals surface area contributed by atoms with Gasteiger partial charge in [0, 0.05) is 24.2 Å². The van der Waals surface area contributed by atoms with E-state index in [9.17, 15) is 9.59 Å². The molecule has 2 rings (SSSR count). The average Bonchev–Trinajstić information content (AvgIpc) is 2.96. The molecule has 116 valence electrons. The van der Waals surface area contributed by atoms with Gasteiger partial charge in [-0.3, -0.25) is 14.6 Å². The van der Waals surface area contributed by atoms with Gasteiger partial charge >= 0.3 is 5.97 Å². The summed E-state index contributed by atoms with van der Waals surface area (Å²) in [7, 11) is 0. The third-order valence-electron chi connectivity index (χ3n) is 3.08. The molecule has 0 radical (unpaired) electrons. The summed E-state index contributed by atoms with van der Waals surface area (Å²) >= 11 is 0. The SMILES string of the molecule is CC(C)(CCC(=O)O)NC(=O)c1cc(-c2ccccn2)no1. The first-order chi connectivity index (χ1) is 10.4. The number of carbonyl (C=O) groups is 2. The fourth-order valence-corrected chi connectivity index (χ4v) is 1.87. The largest absolute Gasteiger partial charge is 0.481 e. The minimum atomic E-state index is -0.903. The lowest BCUT2D eigenvalue weighted by Crippen LogP contribution is -2.43. The molecule has 0 fully saturated rings. The Kier molecular flexibility index (Phi) is 4.55. The highest BCUT2D eigenvalue weighted by molar-refractivity contribution is 5.92. The number of carboxylic acids is 1. The number of aliphatic carboxylic acids is 1. The summed E-state index contributed by atoms with van der Waals surface area (Å²) in [4.78, 5) is 26.9. The van der Waals surface area contributed by atoms with Gasteiger partial charge in [0.15, 0.2) is 0 Å². The van der Waals surface area contributed by atoms with E-state index in [0.29, 0.717) is 17.8 Å². The van der Waals surface area contributed by atoms with Crippen molar-refractivity contribution in [2.45, 2.75) is 32.2 Å². The topological polar surface area (TPSA) is 105 Å². The fraction of sp³-hybridized carbons (Fsp3) is 0.333. The minimum Gasteiger partial charge on any atom is -0.481 e. The van der Waals surface area contributed by atoms with Crippen LogP contribution >= 0.6 is 0 Å². The van der Waals surface area contributed by atoms with Crippen molar-refractivity contribution in [1.82, 2.24) is 15.5 Å². The van der Waals surface area contributed by atoms with Gasteiger partial charge in [-0.2, -0.15) is 0 Å². The zero-order valence-corrected chi connectivity index (χ0v) is 12.4. The molecule has 2 heterocycles. The minimum absolute atomic E-state index is 0.0249. The van der Waals surface area contributed by atoms with Crippen molar-refractivity contribution in [3.8, 4) is 11.4 Å². The molecule has 0 aliphatic rings. The molecule has 0 spiro atoms. The second-order valence-electron chi connectivity index (χ2n) is 5.52. The van der Waals surface area contributed by atoms with Crippen LogP contribution in [0.25, 0.3) is 11.4 Å². The van der Waals surface area contributed by atoms with E-state index in [1.807, 2.05) is 6.07 Å². The van der Waals surface area contributed by atoms with Crippen molar-refractivity contribution in [2.75, 3.05) is 0 Å². The number of hydrogen-bond acceptors (Lipinski definition) is 5. The van der Waals surface area contributed by atoms with Crippen molar-refractivity contribution in [3.63, 3.8) is 0 Å². The van der Waals surface area contributed by atoms with Gasteiger partial charge < -0.3 is 14.9 Å². The first kappa shape index (κ1) is 15.7. The number of pyridine rings is 1. The van der Waals surface area contributed by atoms with Crippen molar-refractivity contribution < 1.29 is 19.2 Å². The highest BCUT2D eigenvalue weighted by Gasteiger charge is 2.24. The van der Waals surface area contributed by atoms with Crippen molar-refractivity contribution >= 4 is 11.9 Å². The molecule has 0 saturated heterocycles. The summed E-state index contributed by atoms with van der Waals surface area (Å²) in [5, 5.41) is 15.3. The lowest BCUT2D eigenvalue weighted by molar-refractivity contribution is -0.137. The maximum atomic E-state index is 12.1. The van der Waals surface area contributed by atoms with Crippen LogP contribution in [0.1, 0.15) is 37.2 Å². The van der Waals surface area contributed by atoms with Gasteiger partial charge in [-0.25, -0.2) is 0 Å². The Bertz CT molecular complexity index is 664. The molecule has 2 aromatic heterocycles. The Morgan fingerprint density at radius 3 is 2.73 bits per heavy atom. The Morgan fingerprint density at radius 1 is 1.32 bits per heavy atom. The molecule has 2 N–H and O–H groups in total. The maximum absolute atomic E-state index is 12.1. The van der Waals surface area contributed by atoms with E-state index < -0.39 is 17.4 Å². The highest BCUT2D eigenvalue weighted by Crippen LogP contribution is 2.18. The summed E-state index contributed by atoms with van der Waals surface area (Å²) in [6.07, 6.45) is 1.91. The van der Waals surface area contributed by atoms with Gasteiger partial charge in [0.2, 0.25) is 5.76 Å². The van der Waals surface area contributed by atoms with E-state index in [4.69, 9.17) is 9.63 Å². The van der Waals surface area contributed by atoms with Crippen LogP contribution in [0.2, 0.25) is 0 Å². The number of nitrogens with one attached hydrogen (secondary N) is 1. The molecule has 2 aromatic rings. The number of aromatic nitrogens is 2. The van der Waals surface area contributed by atoms with Crippen LogP contribution in [0.4, 0.5) is 0 Å². The van der Waals surface area contributed by atoms with Crippen LogP contribution in [-0.4, -0.2) is 32.7 Å². The zero-order chi connectivity index (χ0) is 16.2. The predicted molar refractivity (Wildman–Crippen MR) is 78.1 cm³/mol. The first-order valence-electron chi connectivity index (χ1n) is 6.80. The summed E-state index contributed by atoms with van der Waals surface area (Å²) in [6.45, 7) is 3.51. The van der Waals surface area contributed by atoms with E-state index in [1.165, 1.54) is 6.07 Å². The van der Waals surface area contributed by atoms with Crippen LogP contribution < -0.4 is 5.32 Å². The van der Waals surface area contributed by atoms with Crippen LogP contribution in [-0.2, 0) is 4.79 Å². The standard InChI is InChI=1S/C15H17N3O4/c1-15(2,7-6-13(19)20)17-14(21)12-9-11(18-22-12)10-5-3-4-8-16-10/h3-5,8-9H,6-7H2,1-2H3,(H,17,21)(H,19,20). The van der Waals surface area contributed by atoms with Crippen LogP contribution in [0.5, 0.6) is 0 Å². The third-order valence-corrected chi connectivity index (χ3v) is 3.08. The van der Waals surface area contributed by atoms with Gasteiger partial charge in [-0.1, -0.05) is 11.2 Å². The molecule has 7 heteroatoms. The Labute approximate surface area is 127 Å². The summed E-state index contributed by atoms with van der Waals surface area (Å²) in [5.41, 5.74) is 0.414. The first-order valence-corrected chi connectivity index (χ1v) is 6.80. The lowest BCUT2D eigenvalue weighted by atomic mass is 9.98. The van der Waals surface area contributed by atoms with Gasteiger partial charge in [0.25, 0.3) is 5.91 Å². The molecule has 0 saturated carbocycles. The number of amides is 1. The van der Waals surface area contributed by atoms with E-state index in [-0.39, 0.29) is 12.2 Å². The molecular weight excluding hydrogens is 286 g/mol. The number of nitrogens with zero attached hydrogens (tertiary/aromatic N) is 2. The summed E-state index contributed by atoms with van der Waals surface area (Å²) in [6, 6.07) is 6.86. The fourth-order valence-electron chi connectivity index (χ4n) is 1.87. The number of carboxylic acid groups (broad SMARTS) is 1. The number of carbonyl (C=O) groups excluding carboxylic acids is 1. The molecule has 1 amide bonds. The van der Waals surface area contributed by atoms with Crippen molar-refractivity contribution in [1.29, 1.82) is 0 Å². The molecular formula is C15H17N3O4. The normalized spacial score (nSPS) is 11.2. The Hall–Kier alpha value is -2.70. The van der Waals surface area contributed by atoms with Crippen LogP contribution in [0.3, 0.4) is 0 Å². The van der Waals surface area contributed by atoms with E-state index >= 15 is 0 Å². The Balaban J connectivity index is 2.04. The van der Waals surface area contributed by atoms with Gasteiger partial charge in [0.1, 0.15) is 5.69 Å². The van der Waals surface area contributed by atoms with Crippen molar-refractivity contribution in [2.24, 2.45) is 0 Å². The second kappa shape index (κ2) is 6.38. The molecule has 0 atom stereocenters. The zero-order valence-electron chi connectivity index (χ0n) is 12.4. The summed E-state index contributed by atoms with van der Waals surface area (Å²) < 4.78 is 5.03. The second-order valence-corrected chi connectivity index (χ2v) is 5.52. The molecule has 0 aromatic carbocycles. The van der Waals surface area contributed by atoms with Crippen LogP contribution in [0.15, 0.2) is 35.0 Å². The number of rotatable bonds is 6. The quantitative estimate of drug-likeness (QED) is 0.846. The smallest absolute Gasteiger partial charge is 0.303 e. The Morgan fingerprint density at radius 2 is 2.09 bits per heavy atom. The monoisotopic (exact) mass is 303 g/mol. The molecule has 0 unspecified atom stereocenters. The van der Waals surface area contributed by atoms with E-state index in [1.54, 1.807) is 32.2 Å². The highest BCUT2D eigenvalue weighted by atomic mass is 16.5. The third kappa shape index (κ3) is 4.15. The molecule has 0 aliphatic carbocycles. The predicted octanol–water partition coefficient (Wildman–Crippen LogP) is 2.11. The van der Waals surface area contributed by atoms with E-state index in [2.05, 4.69) is 15.5 Å². The number of hydrogen-bond donors (Lipinski definition) is 2. The molecule has 0 aliphatic heterocycles. The molecule has 0 bridgehead atoms. The lowest BCUT2D eigenvalue weighted by Gasteiger charge is -2.24. The molecule has 7 nitrogen and oxygen atoms in total. The van der Waals surface area contributed by atoms with Gasteiger partial charge in [0.05, 0.1) is 5.69 Å². The average molecular weight is 303 g/mol.